The van der Waals surface area contributed by atoms with Gasteiger partial charge in [0.25, 0.3) is 5.28 Å². The van der Waals surface area contributed by atoms with Crippen molar-refractivity contribution < 1.29 is 18.8 Å². The number of aromatic nitrogens is 2. The van der Waals surface area contributed by atoms with Gasteiger partial charge in [0.15, 0.2) is 14.6 Å². The van der Waals surface area contributed by atoms with E-state index in [1.54, 1.807) is 0 Å². The smallest absolute Gasteiger partial charge is 0.343 e. The molecule has 1 aliphatic rings. The van der Waals surface area contributed by atoms with E-state index < -0.39 is 19.3 Å². The molecule has 0 radical (unpaired) electrons. The molecule has 1 aromatic heterocycles. The Kier molecular flexibility index (Phi) is 7.43. The molecule has 154 valence electrons. The highest BCUT2D eigenvalue weighted by atomic mass is 35.5. The molecule has 2 rings (SSSR count). The molecule has 1 aliphatic heterocycles. The van der Waals surface area contributed by atoms with Gasteiger partial charge in [0, 0.05) is 6.61 Å². The Morgan fingerprint density at radius 1 is 1.48 bits per heavy atom. The number of rotatable bonds is 8. The first kappa shape index (κ1) is 22.3. The lowest BCUT2D eigenvalue weighted by Gasteiger charge is -2.37. The molecule has 27 heavy (non-hydrogen) atoms. The first-order valence-corrected chi connectivity index (χ1v) is 12.6. The molecule has 0 N–H and O–H groups in total. The maximum atomic E-state index is 11.3. The van der Waals surface area contributed by atoms with E-state index in [0.717, 1.165) is 25.5 Å². The number of nitro groups is 1. The molecule has 1 saturated heterocycles. The van der Waals surface area contributed by atoms with Crippen LogP contribution in [0.2, 0.25) is 23.4 Å². The van der Waals surface area contributed by atoms with Crippen molar-refractivity contribution in [3.63, 3.8) is 0 Å². The topological polar surface area (TPSA) is 88.7 Å². The summed E-state index contributed by atoms with van der Waals surface area (Å²) in [6.45, 7) is 12.0. The van der Waals surface area contributed by atoms with Crippen LogP contribution in [-0.2, 0) is 20.4 Å². The Labute approximate surface area is 166 Å². The zero-order valence-electron chi connectivity index (χ0n) is 16.7. The Morgan fingerprint density at radius 3 is 2.74 bits per heavy atom. The number of imidazole rings is 1. The Morgan fingerprint density at radius 2 is 2.19 bits per heavy atom. The van der Waals surface area contributed by atoms with Gasteiger partial charge in [-0.15, -0.1) is 0 Å². The second kappa shape index (κ2) is 9.00. The fourth-order valence-electron chi connectivity index (χ4n) is 2.55. The molecule has 1 unspecified atom stereocenters. The van der Waals surface area contributed by atoms with Crippen molar-refractivity contribution in [2.75, 3.05) is 13.2 Å². The molecule has 0 spiro atoms. The molecule has 0 aromatic carbocycles. The molecule has 1 fully saturated rings. The fourth-order valence-corrected chi connectivity index (χ4v) is 3.79. The van der Waals surface area contributed by atoms with E-state index in [4.69, 9.17) is 25.5 Å². The average Bonchev–Trinajstić information content (AvgIpc) is 2.93. The number of halogens is 1. The monoisotopic (exact) mass is 419 g/mol. The molecule has 0 saturated carbocycles. The molecule has 2 atom stereocenters. The summed E-state index contributed by atoms with van der Waals surface area (Å²) in [5.41, 5.74) is 0. The number of nitrogens with zero attached hydrogens (tertiary/aromatic N) is 3. The predicted octanol–water partition coefficient (Wildman–Crippen LogP) is 4.38. The normalized spacial score (nSPS) is 19.9. The molecule has 0 aliphatic carbocycles. The van der Waals surface area contributed by atoms with E-state index in [2.05, 4.69) is 38.8 Å². The van der Waals surface area contributed by atoms with Crippen LogP contribution in [0.1, 0.15) is 40.0 Å². The fraction of sp³-hybridized carbons (Fsp3) is 0.824. The van der Waals surface area contributed by atoms with E-state index in [1.807, 2.05) is 0 Å². The van der Waals surface area contributed by atoms with E-state index in [-0.39, 0.29) is 29.0 Å². The van der Waals surface area contributed by atoms with Gasteiger partial charge in [-0.3, -0.25) is 0 Å². The van der Waals surface area contributed by atoms with Gasteiger partial charge in [-0.1, -0.05) is 20.8 Å². The number of hydrogen-bond acceptors (Lipinski definition) is 6. The van der Waals surface area contributed by atoms with Crippen LogP contribution < -0.4 is 0 Å². The van der Waals surface area contributed by atoms with Crippen molar-refractivity contribution in [1.29, 1.82) is 0 Å². The maximum Gasteiger partial charge on any atom is 0.343 e. The number of ether oxygens (including phenoxy) is 2. The van der Waals surface area contributed by atoms with Crippen LogP contribution in [0.15, 0.2) is 6.20 Å². The van der Waals surface area contributed by atoms with Crippen LogP contribution in [0.3, 0.4) is 0 Å². The van der Waals surface area contributed by atoms with E-state index in [0.29, 0.717) is 13.2 Å². The average molecular weight is 420 g/mol. The molecule has 0 amide bonds. The van der Waals surface area contributed by atoms with Crippen LogP contribution in [0, 0.1) is 10.1 Å². The quantitative estimate of drug-likeness (QED) is 0.353. The van der Waals surface area contributed by atoms with Gasteiger partial charge in [0.2, 0.25) is 0 Å². The van der Waals surface area contributed by atoms with Gasteiger partial charge in [-0.25, -0.2) is 0 Å². The highest BCUT2D eigenvalue weighted by Crippen LogP contribution is 2.37. The summed E-state index contributed by atoms with van der Waals surface area (Å²) >= 11 is 6.07. The van der Waals surface area contributed by atoms with Crippen molar-refractivity contribution in [1.82, 2.24) is 9.55 Å². The van der Waals surface area contributed by atoms with Crippen LogP contribution >= 0.6 is 11.6 Å². The first-order chi connectivity index (χ1) is 12.5. The Balaban J connectivity index is 2.14. The van der Waals surface area contributed by atoms with Crippen LogP contribution in [0.4, 0.5) is 5.82 Å². The lowest BCUT2D eigenvalue weighted by atomic mass is 10.2. The SMILES string of the molecule is CC(C)(C)[Si](C)(C)OC[C@H](Cn1c([N+](=O)[O-])cnc1Cl)OC1CCCCO1. The van der Waals surface area contributed by atoms with Crippen molar-refractivity contribution in [2.24, 2.45) is 0 Å². The second-order valence-electron chi connectivity index (χ2n) is 8.38. The maximum absolute atomic E-state index is 11.3. The summed E-state index contributed by atoms with van der Waals surface area (Å²) in [5, 5.41) is 11.4. The van der Waals surface area contributed by atoms with Crippen molar-refractivity contribution in [3.8, 4) is 0 Å². The minimum absolute atomic E-state index is 0.0531. The van der Waals surface area contributed by atoms with E-state index in [1.165, 1.54) is 4.57 Å². The molecule has 10 heteroatoms. The zero-order valence-corrected chi connectivity index (χ0v) is 18.5. The molecule has 1 aromatic rings. The summed E-state index contributed by atoms with van der Waals surface area (Å²) in [5.74, 6) is -0.162. The third-order valence-corrected chi connectivity index (χ3v) is 10.1. The van der Waals surface area contributed by atoms with Crippen molar-refractivity contribution in [2.45, 2.75) is 77.1 Å². The van der Waals surface area contributed by atoms with Gasteiger partial charge in [0.1, 0.15) is 18.8 Å². The van der Waals surface area contributed by atoms with Crippen LogP contribution in [0.5, 0.6) is 0 Å². The lowest BCUT2D eigenvalue weighted by molar-refractivity contribution is -0.392. The van der Waals surface area contributed by atoms with Gasteiger partial charge in [-0.2, -0.15) is 9.55 Å². The second-order valence-corrected chi connectivity index (χ2v) is 13.5. The minimum atomic E-state index is -2.00. The standard InChI is InChI=1S/C17H30ClN3O5Si/c1-17(2,3)27(4,5)25-12-13(26-15-8-6-7-9-24-15)11-20-14(21(22)23)10-19-16(20)18/h10,13,15H,6-9,11-12H2,1-5H3/t13-,15?/m0/s1. The molecular weight excluding hydrogens is 390 g/mol. The predicted molar refractivity (Wildman–Crippen MR) is 106 cm³/mol. The highest BCUT2D eigenvalue weighted by Gasteiger charge is 2.38. The summed E-state index contributed by atoms with van der Waals surface area (Å²) in [7, 11) is -2.00. The molecular formula is C17H30ClN3O5Si. The van der Waals surface area contributed by atoms with Crippen molar-refractivity contribution in [3.05, 3.63) is 21.6 Å². The first-order valence-electron chi connectivity index (χ1n) is 9.27. The summed E-state index contributed by atoms with van der Waals surface area (Å²) in [6.07, 6.45) is 3.26. The molecule has 2 heterocycles. The highest BCUT2D eigenvalue weighted by molar-refractivity contribution is 6.74. The summed E-state index contributed by atoms with van der Waals surface area (Å²) in [6, 6.07) is 0. The molecule has 0 bridgehead atoms. The third-order valence-electron chi connectivity index (χ3n) is 5.28. The summed E-state index contributed by atoms with van der Waals surface area (Å²) in [4.78, 5) is 14.6. The summed E-state index contributed by atoms with van der Waals surface area (Å²) < 4.78 is 19.4. The van der Waals surface area contributed by atoms with Crippen LogP contribution in [-0.4, -0.2) is 48.4 Å². The largest absolute Gasteiger partial charge is 0.414 e. The van der Waals surface area contributed by atoms with Gasteiger partial charge < -0.3 is 24.0 Å². The van der Waals surface area contributed by atoms with Crippen molar-refractivity contribution >= 4 is 25.7 Å². The minimum Gasteiger partial charge on any atom is -0.414 e. The Bertz CT molecular complexity index is 641. The van der Waals surface area contributed by atoms with Gasteiger partial charge in [-0.05, 0) is 53.9 Å². The van der Waals surface area contributed by atoms with Gasteiger partial charge >= 0.3 is 5.82 Å². The zero-order chi connectivity index (χ0) is 20.2. The Hall–Kier alpha value is -1.00. The van der Waals surface area contributed by atoms with E-state index >= 15 is 0 Å². The molecule has 8 nitrogen and oxygen atoms in total. The van der Waals surface area contributed by atoms with Gasteiger partial charge in [0.05, 0.1) is 6.61 Å². The van der Waals surface area contributed by atoms with E-state index in [9.17, 15) is 10.1 Å². The number of hydrogen-bond donors (Lipinski definition) is 0. The third kappa shape index (κ3) is 5.99. The van der Waals surface area contributed by atoms with Crippen LogP contribution in [0.25, 0.3) is 0 Å². The lowest BCUT2D eigenvalue weighted by Crippen LogP contribution is -2.44.